The van der Waals surface area contributed by atoms with E-state index in [0.717, 1.165) is 32.6 Å². The van der Waals surface area contributed by atoms with Crippen LogP contribution in [-0.4, -0.2) is 17.0 Å². The Bertz CT molecular complexity index is 815. The van der Waals surface area contributed by atoms with Crippen molar-refractivity contribution in [2.75, 3.05) is 11.9 Å². The number of aromatic nitrogens is 2. The number of benzene rings is 1. The quantitative estimate of drug-likeness (QED) is 0.790. The number of hydrogen-bond acceptors (Lipinski definition) is 5. The first-order chi connectivity index (χ1) is 10.6. The van der Waals surface area contributed by atoms with Crippen molar-refractivity contribution >= 4 is 38.8 Å². The summed E-state index contributed by atoms with van der Waals surface area (Å²) in [5, 5.41) is 1.94. The maximum absolute atomic E-state index is 6.51. The molecule has 0 aliphatic rings. The molecule has 0 fully saturated rings. The van der Waals surface area contributed by atoms with E-state index in [9.17, 15) is 0 Å². The van der Waals surface area contributed by atoms with Crippen LogP contribution in [0.1, 0.15) is 16.4 Å². The van der Waals surface area contributed by atoms with Crippen molar-refractivity contribution in [1.82, 2.24) is 9.97 Å². The molecular weight excluding hydrogens is 316 g/mol. The Kier molecular flexibility index (Phi) is 4.29. The van der Waals surface area contributed by atoms with Gasteiger partial charge < -0.3 is 10.6 Å². The SMILES string of the molecule is Cc1nc(CN)cc(N(C)Cc2sc3ccccc3c2Cl)n1. The summed E-state index contributed by atoms with van der Waals surface area (Å²) in [6.07, 6.45) is 0. The highest BCUT2D eigenvalue weighted by Crippen LogP contribution is 2.36. The molecule has 0 amide bonds. The highest BCUT2D eigenvalue weighted by Gasteiger charge is 2.13. The molecule has 0 saturated heterocycles. The Morgan fingerprint density at radius 1 is 1.27 bits per heavy atom. The normalized spacial score (nSPS) is 11.1. The Balaban J connectivity index is 1.91. The van der Waals surface area contributed by atoms with E-state index in [-0.39, 0.29) is 0 Å². The van der Waals surface area contributed by atoms with Crippen molar-refractivity contribution in [2.45, 2.75) is 20.0 Å². The number of fused-ring (bicyclic) bond motifs is 1. The average Bonchev–Trinajstić information content (AvgIpc) is 2.83. The van der Waals surface area contributed by atoms with Crippen LogP contribution in [0, 0.1) is 6.92 Å². The number of hydrogen-bond donors (Lipinski definition) is 1. The molecule has 0 aliphatic carbocycles. The van der Waals surface area contributed by atoms with Crippen LogP contribution in [0.3, 0.4) is 0 Å². The number of nitrogens with zero attached hydrogens (tertiary/aromatic N) is 3. The number of thiophene rings is 1. The fourth-order valence-corrected chi connectivity index (χ4v) is 3.92. The first kappa shape index (κ1) is 15.2. The van der Waals surface area contributed by atoms with E-state index in [4.69, 9.17) is 17.3 Å². The van der Waals surface area contributed by atoms with Crippen LogP contribution in [0.4, 0.5) is 5.82 Å². The number of anilines is 1. The standard InChI is InChI=1S/C16H17ClN4S/c1-10-19-11(8-18)7-15(20-10)21(2)9-14-16(17)12-5-3-4-6-13(12)22-14/h3-7H,8-9,18H2,1-2H3. The summed E-state index contributed by atoms with van der Waals surface area (Å²) in [7, 11) is 2.00. The molecule has 2 N–H and O–H groups in total. The predicted octanol–water partition coefficient (Wildman–Crippen LogP) is 3.75. The fourth-order valence-electron chi connectivity index (χ4n) is 2.38. The molecule has 114 valence electrons. The van der Waals surface area contributed by atoms with Gasteiger partial charge in [-0.05, 0) is 13.0 Å². The topological polar surface area (TPSA) is 55.0 Å². The molecular formula is C16H17ClN4S. The van der Waals surface area contributed by atoms with E-state index in [2.05, 4.69) is 27.0 Å². The van der Waals surface area contributed by atoms with Crippen molar-refractivity contribution in [3.8, 4) is 0 Å². The Morgan fingerprint density at radius 2 is 2.05 bits per heavy atom. The molecule has 0 atom stereocenters. The fraction of sp³-hybridized carbons (Fsp3) is 0.250. The molecule has 0 bridgehead atoms. The zero-order valence-corrected chi connectivity index (χ0v) is 14.1. The van der Waals surface area contributed by atoms with Gasteiger partial charge in [-0.25, -0.2) is 9.97 Å². The summed E-state index contributed by atoms with van der Waals surface area (Å²) in [5.41, 5.74) is 6.53. The lowest BCUT2D eigenvalue weighted by atomic mass is 10.2. The summed E-state index contributed by atoms with van der Waals surface area (Å²) in [6.45, 7) is 3.00. The van der Waals surface area contributed by atoms with Crippen LogP contribution in [0.25, 0.3) is 10.1 Å². The van der Waals surface area contributed by atoms with Crippen molar-refractivity contribution in [3.05, 3.63) is 51.7 Å². The number of nitrogens with two attached hydrogens (primary N) is 1. The van der Waals surface area contributed by atoms with Crippen molar-refractivity contribution in [2.24, 2.45) is 5.73 Å². The highest BCUT2D eigenvalue weighted by molar-refractivity contribution is 7.19. The third-order valence-electron chi connectivity index (χ3n) is 3.46. The van der Waals surface area contributed by atoms with Gasteiger partial charge in [-0.3, -0.25) is 0 Å². The van der Waals surface area contributed by atoms with Crippen molar-refractivity contribution < 1.29 is 0 Å². The van der Waals surface area contributed by atoms with Gasteiger partial charge >= 0.3 is 0 Å². The van der Waals surface area contributed by atoms with Gasteiger partial charge in [0.15, 0.2) is 0 Å². The average molecular weight is 333 g/mol. The minimum atomic E-state index is 0.411. The van der Waals surface area contributed by atoms with Gasteiger partial charge in [0.25, 0.3) is 0 Å². The van der Waals surface area contributed by atoms with Gasteiger partial charge in [-0.15, -0.1) is 11.3 Å². The Hall–Kier alpha value is -1.69. The lowest BCUT2D eigenvalue weighted by Gasteiger charge is -2.18. The smallest absolute Gasteiger partial charge is 0.132 e. The van der Waals surface area contributed by atoms with Crippen LogP contribution < -0.4 is 10.6 Å². The molecule has 6 heteroatoms. The van der Waals surface area contributed by atoms with Gasteiger partial charge in [0.1, 0.15) is 11.6 Å². The summed E-state index contributed by atoms with van der Waals surface area (Å²) >= 11 is 8.23. The number of aryl methyl sites for hydroxylation is 1. The van der Waals surface area contributed by atoms with Gasteiger partial charge in [0.2, 0.25) is 0 Å². The minimum Gasteiger partial charge on any atom is -0.354 e. The third-order valence-corrected chi connectivity index (χ3v) is 5.16. The predicted molar refractivity (Wildman–Crippen MR) is 93.6 cm³/mol. The molecule has 2 heterocycles. The number of rotatable bonds is 4. The van der Waals surface area contributed by atoms with Crippen molar-refractivity contribution in [1.29, 1.82) is 0 Å². The van der Waals surface area contributed by atoms with E-state index >= 15 is 0 Å². The summed E-state index contributed by atoms with van der Waals surface area (Å²) in [6, 6.07) is 10.1. The third kappa shape index (κ3) is 2.92. The maximum Gasteiger partial charge on any atom is 0.132 e. The molecule has 3 rings (SSSR count). The second-order valence-electron chi connectivity index (χ2n) is 5.16. The molecule has 0 spiro atoms. The van der Waals surface area contributed by atoms with Gasteiger partial charge in [0, 0.05) is 34.6 Å². The number of halogens is 1. The van der Waals surface area contributed by atoms with Gasteiger partial charge in [-0.2, -0.15) is 0 Å². The molecule has 1 aromatic carbocycles. The molecule has 2 aromatic heterocycles. The molecule has 4 nitrogen and oxygen atoms in total. The van der Waals surface area contributed by atoms with Crippen LogP contribution in [0.5, 0.6) is 0 Å². The first-order valence-corrected chi connectivity index (χ1v) is 8.19. The van der Waals surface area contributed by atoms with E-state index in [1.54, 1.807) is 11.3 Å². The van der Waals surface area contributed by atoms with Gasteiger partial charge in [-0.1, -0.05) is 29.8 Å². The Labute approximate surface area is 138 Å². The van der Waals surface area contributed by atoms with E-state index in [1.807, 2.05) is 32.2 Å². The second-order valence-corrected chi connectivity index (χ2v) is 6.67. The molecule has 0 radical (unpaired) electrons. The van der Waals surface area contributed by atoms with E-state index in [1.165, 1.54) is 4.70 Å². The zero-order valence-electron chi connectivity index (χ0n) is 12.5. The Morgan fingerprint density at radius 3 is 2.77 bits per heavy atom. The molecule has 0 aliphatic heterocycles. The van der Waals surface area contributed by atoms with Crippen LogP contribution in [0.15, 0.2) is 30.3 Å². The van der Waals surface area contributed by atoms with Gasteiger partial charge in [0.05, 0.1) is 17.3 Å². The van der Waals surface area contributed by atoms with Crippen LogP contribution >= 0.6 is 22.9 Å². The largest absolute Gasteiger partial charge is 0.354 e. The lowest BCUT2D eigenvalue weighted by molar-refractivity contribution is 0.863. The summed E-state index contributed by atoms with van der Waals surface area (Å²) < 4.78 is 1.21. The lowest BCUT2D eigenvalue weighted by Crippen LogP contribution is -2.18. The van der Waals surface area contributed by atoms with Crippen molar-refractivity contribution in [3.63, 3.8) is 0 Å². The van der Waals surface area contributed by atoms with Crippen LogP contribution in [-0.2, 0) is 13.1 Å². The van der Waals surface area contributed by atoms with E-state index in [0.29, 0.717) is 13.1 Å². The van der Waals surface area contributed by atoms with Crippen LogP contribution in [0.2, 0.25) is 5.02 Å². The second kappa shape index (κ2) is 6.20. The molecule has 3 aromatic rings. The maximum atomic E-state index is 6.51. The first-order valence-electron chi connectivity index (χ1n) is 7.00. The summed E-state index contributed by atoms with van der Waals surface area (Å²) in [4.78, 5) is 12.0. The highest BCUT2D eigenvalue weighted by atomic mass is 35.5. The molecule has 22 heavy (non-hydrogen) atoms. The summed E-state index contributed by atoms with van der Waals surface area (Å²) in [5.74, 6) is 1.59. The zero-order chi connectivity index (χ0) is 15.7. The van der Waals surface area contributed by atoms with E-state index < -0.39 is 0 Å². The minimum absolute atomic E-state index is 0.411. The molecule has 0 unspecified atom stereocenters. The monoisotopic (exact) mass is 332 g/mol. The molecule has 0 saturated carbocycles.